The van der Waals surface area contributed by atoms with E-state index in [1.54, 1.807) is 18.2 Å². The number of alkyl halides is 3. The first-order valence-corrected chi connectivity index (χ1v) is 8.05. The molecule has 0 aliphatic rings. The molecule has 3 rings (SSSR count). The first kappa shape index (κ1) is 22.3. The molecule has 29 heavy (non-hydrogen) atoms. The number of para-hydroxylation sites is 1. The second-order valence-corrected chi connectivity index (χ2v) is 5.87. The standard InChI is InChI=1S/C19H14F3NO5.ClH/c1-10(23)18(25)27-12-7-8-13-14(9-12)28-17(19(20,21)22)16(15(13)24)26-11-5-3-2-4-6-11;/h2-10H,23H2,1H3;1H/p-1. The lowest BCUT2D eigenvalue weighted by Crippen LogP contribution is -3.00. The summed E-state index contributed by atoms with van der Waals surface area (Å²) in [6.07, 6.45) is -4.99. The molecule has 1 atom stereocenters. The van der Waals surface area contributed by atoms with Gasteiger partial charge in [-0.05, 0) is 31.2 Å². The van der Waals surface area contributed by atoms with E-state index < -0.39 is 40.7 Å². The summed E-state index contributed by atoms with van der Waals surface area (Å²) in [5.41, 5.74) is 3.96. The highest BCUT2D eigenvalue weighted by Gasteiger charge is 2.40. The summed E-state index contributed by atoms with van der Waals surface area (Å²) in [5, 5.41) is -0.167. The fourth-order valence-electron chi connectivity index (χ4n) is 2.31. The van der Waals surface area contributed by atoms with Gasteiger partial charge in [0.2, 0.25) is 11.2 Å². The Morgan fingerprint density at radius 1 is 1.10 bits per heavy atom. The molecule has 0 fully saturated rings. The number of ether oxygens (including phenoxy) is 2. The van der Waals surface area contributed by atoms with Gasteiger partial charge in [0.15, 0.2) is 0 Å². The number of carbonyl (C=O) groups excluding carboxylic acids is 1. The van der Waals surface area contributed by atoms with Gasteiger partial charge in [-0.2, -0.15) is 13.2 Å². The topological polar surface area (TPSA) is 91.8 Å². The molecule has 0 saturated carbocycles. The van der Waals surface area contributed by atoms with Crippen LogP contribution >= 0.6 is 0 Å². The maximum absolute atomic E-state index is 13.5. The molecule has 0 spiro atoms. The van der Waals surface area contributed by atoms with E-state index in [9.17, 15) is 22.8 Å². The van der Waals surface area contributed by atoms with Gasteiger partial charge in [-0.3, -0.25) is 4.79 Å². The van der Waals surface area contributed by atoms with Crippen molar-refractivity contribution in [1.29, 1.82) is 0 Å². The zero-order valence-electron chi connectivity index (χ0n) is 14.8. The third-order valence-electron chi connectivity index (χ3n) is 3.63. The molecule has 1 aromatic heterocycles. The Morgan fingerprint density at radius 3 is 2.34 bits per heavy atom. The molecule has 3 aromatic rings. The van der Waals surface area contributed by atoms with Gasteiger partial charge in [-0.25, -0.2) is 4.79 Å². The molecule has 0 aliphatic carbocycles. The van der Waals surface area contributed by atoms with Gasteiger partial charge in [0, 0.05) is 6.07 Å². The van der Waals surface area contributed by atoms with Crippen molar-refractivity contribution < 1.29 is 44.3 Å². The Labute approximate surface area is 168 Å². The zero-order chi connectivity index (χ0) is 20.5. The predicted molar refractivity (Wildman–Crippen MR) is 93.3 cm³/mol. The summed E-state index contributed by atoms with van der Waals surface area (Å²) in [7, 11) is 0. The molecule has 2 aromatic carbocycles. The average molecular weight is 429 g/mol. The Hall–Kier alpha value is -3.04. The van der Waals surface area contributed by atoms with E-state index in [-0.39, 0.29) is 29.3 Å². The largest absolute Gasteiger partial charge is 1.00 e. The molecular weight excluding hydrogens is 415 g/mol. The second-order valence-electron chi connectivity index (χ2n) is 5.87. The number of halogens is 4. The summed E-state index contributed by atoms with van der Waals surface area (Å²) in [5.74, 6) is -3.43. The minimum Gasteiger partial charge on any atom is -1.00 e. The molecule has 0 radical (unpaired) electrons. The normalized spacial score (nSPS) is 12.2. The van der Waals surface area contributed by atoms with E-state index in [4.69, 9.17) is 19.6 Å². The molecule has 154 valence electrons. The van der Waals surface area contributed by atoms with Crippen LogP contribution in [0.15, 0.2) is 57.7 Å². The predicted octanol–water partition coefficient (Wildman–Crippen LogP) is 0.861. The first-order chi connectivity index (χ1) is 13.2. The van der Waals surface area contributed by atoms with Crippen LogP contribution in [0.1, 0.15) is 12.7 Å². The van der Waals surface area contributed by atoms with Crippen LogP contribution in [0, 0.1) is 0 Å². The van der Waals surface area contributed by atoms with E-state index in [1.807, 2.05) is 0 Å². The van der Waals surface area contributed by atoms with Crippen LogP contribution in [-0.2, 0) is 11.0 Å². The van der Waals surface area contributed by atoms with Crippen molar-refractivity contribution in [3.05, 3.63) is 64.5 Å². The van der Waals surface area contributed by atoms with Crippen LogP contribution in [0.25, 0.3) is 11.0 Å². The Morgan fingerprint density at radius 2 is 1.76 bits per heavy atom. The van der Waals surface area contributed by atoms with Crippen LogP contribution in [-0.4, -0.2) is 12.0 Å². The lowest BCUT2D eigenvalue weighted by Gasteiger charge is -2.13. The smallest absolute Gasteiger partial charge is 0.453 e. The molecule has 0 aliphatic heterocycles. The highest BCUT2D eigenvalue weighted by Crippen LogP contribution is 2.38. The third kappa shape index (κ3) is 4.87. The van der Waals surface area contributed by atoms with Gasteiger partial charge in [0.05, 0.1) is 5.39 Å². The van der Waals surface area contributed by atoms with Crippen LogP contribution in [0.5, 0.6) is 17.2 Å². The van der Waals surface area contributed by atoms with Gasteiger partial charge in [-0.1, -0.05) is 18.2 Å². The number of rotatable bonds is 4. The quantitative estimate of drug-likeness (QED) is 0.489. The van der Waals surface area contributed by atoms with Crippen molar-refractivity contribution in [2.45, 2.75) is 19.1 Å². The Bertz CT molecular complexity index is 1080. The van der Waals surface area contributed by atoms with Crippen LogP contribution < -0.4 is 33.0 Å². The minimum atomic E-state index is -4.99. The molecule has 6 nitrogen and oxygen atoms in total. The summed E-state index contributed by atoms with van der Waals surface area (Å²) in [4.78, 5) is 24.2. The van der Waals surface area contributed by atoms with E-state index in [1.165, 1.54) is 31.2 Å². The second kappa shape index (κ2) is 8.54. The number of benzene rings is 2. The molecule has 10 heteroatoms. The summed E-state index contributed by atoms with van der Waals surface area (Å²) in [6, 6.07) is 10.1. The van der Waals surface area contributed by atoms with Gasteiger partial charge >= 0.3 is 12.1 Å². The fourth-order valence-corrected chi connectivity index (χ4v) is 2.31. The van der Waals surface area contributed by atoms with E-state index in [2.05, 4.69) is 0 Å². The van der Waals surface area contributed by atoms with Crippen molar-refractivity contribution >= 4 is 16.9 Å². The van der Waals surface area contributed by atoms with Crippen molar-refractivity contribution in [3.63, 3.8) is 0 Å². The first-order valence-electron chi connectivity index (χ1n) is 8.05. The van der Waals surface area contributed by atoms with E-state index in [0.717, 1.165) is 6.07 Å². The summed E-state index contributed by atoms with van der Waals surface area (Å²) in [6.45, 7) is 1.39. The van der Waals surface area contributed by atoms with Gasteiger partial charge in [-0.15, -0.1) is 0 Å². The fraction of sp³-hybridized carbons (Fsp3) is 0.158. The van der Waals surface area contributed by atoms with Crippen molar-refractivity contribution in [2.24, 2.45) is 5.73 Å². The number of fused-ring (bicyclic) bond motifs is 1. The van der Waals surface area contributed by atoms with Crippen LogP contribution in [0.3, 0.4) is 0 Å². The van der Waals surface area contributed by atoms with Gasteiger partial charge in [0.25, 0.3) is 5.76 Å². The number of nitrogens with two attached hydrogens (primary N) is 1. The maximum atomic E-state index is 13.5. The monoisotopic (exact) mass is 428 g/mol. The van der Waals surface area contributed by atoms with Gasteiger partial charge < -0.3 is 32.0 Å². The number of hydrogen-bond acceptors (Lipinski definition) is 6. The van der Waals surface area contributed by atoms with Gasteiger partial charge in [0.1, 0.15) is 23.1 Å². The van der Waals surface area contributed by atoms with Crippen LogP contribution in [0.2, 0.25) is 0 Å². The summed E-state index contributed by atoms with van der Waals surface area (Å²) >= 11 is 0. The highest BCUT2D eigenvalue weighted by atomic mass is 35.5. The van der Waals surface area contributed by atoms with Crippen LogP contribution in [0.4, 0.5) is 13.2 Å². The SMILES string of the molecule is CC(N)C(=O)Oc1ccc2c(=O)c(Oc3ccccc3)c(C(F)(F)F)oc2c1.[Cl-]. The lowest BCUT2D eigenvalue weighted by molar-refractivity contribution is -0.154. The lowest BCUT2D eigenvalue weighted by atomic mass is 10.2. The maximum Gasteiger partial charge on any atom is 0.453 e. The average Bonchev–Trinajstić information content (AvgIpc) is 2.63. The van der Waals surface area contributed by atoms with E-state index in [0.29, 0.717) is 0 Å². The molecule has 0 bridgehead atoms. The van der Waals surface area contributed by atoms with Crippen molar-refractivity contribution in [2.75, 3.05) is 0 Å². The zero-order valence-corrected chi connectivity index (χ0v) is 15.6. The molecule has 0 amide bonds. The molecule has 0 saturated heterocycles. The molecular formula is C19H14ClF3NO5-. The Balaban J connectivity index is 0.00000300. The number of esters is 1. The summed E-state index contributed by atoms with van der Waals surface area (Å²) < 4.78 is 55.4. The van der Waals surface area contributed by atoms with Crippen molar-refractivity contribution in [3.8, 4) is 17.2 Å². The van der Waals surface area contributed by atoms with E-state index >= 15 is 0 Å². The van der Waals surface area contributed by atoms with Crippen molar-refractivity contribution in [1.82, 2.24) is 0 Å². The highest BCUT2D eigenvalue weighted by molar-refractivity contribution is 5.82. The number of carbonyl (C=O) groups is 1. The Kier molecular flexibility index (Phi) is 6.55. The number of hydrogen-bond donors (Lipinski definition) is 1. The minimum absolute atomic E-state index is 0. The third-order valence-corrected chi connectivity index (χ3v) is 3.63. The molecule has 2 N–H and O–H groups in total. The molecule has 1 heterocycles. The molecule has 1 unspecified atom stereocenters.